The first-order chi connectivity index (χ1) is 8.19. The second-order valence-electron chi connectivity index (χ2n) is 3.48. The number of hydrogen-bond acceptors (Lipinski definition) is 2. The first-order valence-electron chi connectivity index (χ1n) is 5.02. The molecule has 1 nitrogen and oxygen atoms in total. The third-order valence-corrected chi connectivity index (χ3v) is 3.74. The molecule has 0 aliphatic rings. The molecule has 0 unspecified atom stereocenters. The molecule has 88 valence electrons. The van der Waals surface area contributed by atoms with Gasteiger partial charge in [-0.05, 0) is 35.9 Å². The molecule has 0 aromatic heterocycles. The summed E-state index contributed by atoms with van der Waals surface area (Å²) in [4.78, 5) is 1.52. The largest absolute Gasteiger partial charge is 0.392 e. The summed E-state index contributed by atoms with van der Waals surface area (Å²) in [6.07, 6.45) is 0. The van der Waals surface area contributed by atoms with Crippen LogP contribution in [0.5, 0.6) is 0 Å². The van der Waals surface area contributed by atoms with Crippen LogP contribution < -0.4 is 0 Å². The Hall–Kier alpha value is -0.840. The zero-order chi connectivity index (χ0) is 12.3. The van der Waals surface area contributed by atoms with Crippen LogP contribution in [0.2, 0.25) is 0 Å². The minimum atomic E-state index is -0.304. The number of benzene rings is 2. The predicted octanol–water partition coefficient (Wildman–Crippen LogP) is 4.23. The van der Waals surface area contributed by atoms with Crippen molar-refractivity contribution in [3.05, 3.63) is 58.3 Å². The highest BCUT2D eigenvalue weighted by molar-refractivity contribution is 9.10. The van der Waals surface area contributed by atoms with Crippen LogP contribution in [0.4, 0.5) is 4.39 Å². The van der Waals surface area contributed by atoms with Gasteiger partial charge in [0.15, 0.2) is 0 Å². The Morgan fingerprint density at radius 3 is 2.65 bits per heavy atom. The zero-order valence-electron chi connectivity index (χ0n) is 8.86. The fraction of sp³-hybridized carbons (Fsp3) is 0.0769. The van der Waals surface area contributed by atoms with Gasteiger partial charge in [-0.3, -0.25) is 0 Å². The molecule has 0 saturated heterocycles. The Bertz CT molecular complexity index is 531. The van der Waals surface area contributed by atoms with Crippen molar-refractivity contribution in [1.82, 2.24) is 0 Å². The minimum Gasteiger partial charge on any atom is -0.392 e. The molecule has 2 rings (SSSR count). The monoisotopic (exact) mass is 312 g/mol. The van der Waals surface area contributed by atoms with E-state index in [1.807, 2.05) is 24.3 Å². The lowest BCUT2D eigenvalue weighted by Crippen LogP contribution is -1.87. The maximum atomic E-state index is 13.7. The third kappa shape index (κ3) is 3.31. The van der Waals surface area contributed by atoms with Gasteiger partial charge in [0.25, 0.3) is 0 Å². The van der Waals surface area contributed by atoms with Crippen molar-refractivity contribution in [3.8, 4) is 0 Å². The molecule has 2 aromatic carbocycles. The van der Waals surface area contributed by atoms with Crippen LogP contribution in [-0.4, -0.2) is 5.11 Å². The van der Waals surface area contributed by atoms with Gasteiger partial charge in [0.05, 0.1) is 6.61 Å². The Morgan fingerprint density at radius 1 is 1.18 bits per heavy atom. The van der Waals surface area contributed by atoms with Crippen LogP contribution in [0.25, 0.3) is 0 Å². The smallest absolute Gasteiger partial charge is 0.137 e. The molecule has 0 radical (unpaired) electrons. The van der Waals surface area contributed by atoms with Gasteiger partial charge >= 0.3 is 0 Å². The summed E-state index contributed by atoms with van der Waals surface area (Å²) in [5, 5.41) is 8.90. The van der Waals surface area contributed by atoms with E-state index in [0.29, 0.717) is 10.5 Å². The Balaban J connectivity index is 2.24. The van der Waals surface area contributed by atoms with Crippen LogP contribution in [0.3, 0.4) is 0 Å². The van der Waals surface area contributed by atoms with Crippen LogP contribution in [-0.2, 0) is 6.61 Å². The summed E-state index contributed by atoms with van der Waals surface area (Å²) in [5.74, 6) is -0.304. The fourth-order valence-corrected chi connectivity index (χ4v) is 2.81. The van der Waals surface area contributed by atoms with E-state index in [2.05, 4.69) is 15.9 Å². The van der Waals surface area contributed by atoms with Gasteiger partial charge in [0.2, 0.25) is 0 Å². The van der Waals surface area contributed by atoms with E-state index in [1.54, 1.807) is 12.1 Å². The highest BCUT2D eigenvalue weighted by Gasteiger charge is 2.05. The molecular formula is C13H10BrFOS. The van der Waals surface area contributed by atoms with Crippen LogP contribution in [0, 0.1) is 5.82 Å². The van der Waals surface area contributed by atoms with Crippen molar-refractivity contribution in [2.75, 3.05) is 0 Å². The van der Waals surface area contributed by atoms with Crippen LogP contribution >= 0.6 is 27.7 Å². The zero-order valence-corrected chi connectivity index (χ0v) is 11.3. The Morgan fingerprint density at radius 2 is 2.00 bits per heavy atom. The highest BCUT2D eigenvalue weighted by atomic mass is 79.9. The van der Waals surface area contributed by atoms with E-state index >= 15 is 0 Å². The molecule has 0 spiro atoms. The van der Waals surface area contributed by atoms with Gasteiger partial charge in [-0.1, -0.05) is 39.8 Å². The minimum absolute atomic E-state index is 0.140. The van der Waals surface area contributed by atoms with Crippen LogP contribution in [0.15, 0.2) is 56.7 Å². The van der Waals surface area contributed by atoms with Gasteiger partial charge in [0, 0.05) is 14.3 Å². The molecule has 1 N–H and O–H groups in total. The molecule has 0 amide bonds. The lowest BCUT2D eigenvalue weighted by Gasteiger charge is -2.05. The number of aliphatic hydroxyl groups excluding tert-OH is 1. The fourth-order valence-electron chi connectivity index (χ4n) is 1.38. The molecule has 0 aliphatic heterocycles. The summed E-state index contributed by atoms with van der Waals surface area (Å²) in [6.45, 7) is -0.140. The maximum absolute atomic E-state index is 13.7. The van der Waals surface area contributed by atoms with Crippen molar-refractivity contribution in [1.29, 1.82) is 0 Å². The number of rotatable bonds is 3. The normalized spacial score (nSPS) is 10.5. The van der Waals surface area contributed by atoms with E-state index in [-0.39, 0.29) is 12.4 Å². The van der Waals surface area contributed by atoms with E-state index in [1.165, 1.54) is 17.8 Å². The van der Waals surface area contributed by atoms with Gasteiger partial charge in [0.1, 0.15) is 5.82 Å². The SMILES string of the molecule is OCc1ccc(Sc2cccc(Br)c2)c(F)c1. The average molecular weight is 313 g/mol. The molecule has 0 saturated carbocycles. The molecule has 0 atom stereocenters. The number of halogens is 2. The topological polar surface area (TPSA) is 20.2 Å². The van der Waals surface area contributed by atoms with Gasteiger partial charge in [-0.2, -0.15) is 0 Å². The van der Waals surface area contributed by atoms with Crippen molar-refractivity contribution >= 4 is 27.7 Å². The molecular weight excluding hydrogens is 303 g/mol. The van der Waals surface area contributed by atoms with Crippen molar-refractivity contribution in [3.63, 3.8) is 0 Å². The lowest BCUT2D eigenvalue weighted by molar-refractivity contribution is 0.281. The van der Waals surface area contributed by atoms with Gasteiger partial charge < -0.3 is 5.11 Å². The first-order valence-corrected chi connectivity index (χ1v) is 6.62. The summed E-state index contributed by atoms with van der Waals surface area (Å²) >= 11 is 4.74. The van der Waals surface area contributed by atoms with E-state index in [9.17, 15) is 4.39 Å². The summed E-state index contributed by atoms with van der Waals surface area (Å²) in [5.41, 5.74) is 0.584. The molecule has 4 heteroatoms. The van der Waals surface area contributed by atoms with Gasteiger partial charge in [-0.25, -0.2) is 4.39 Å². The van der Waals surface area contributed by atoms with Gasteiger partial charge in [-0.15, -0.1) is 0 Å². The maximum Gasteiger partial charge on any atom is 0.137 e. The highest BCUT2D eigenvalue weighted by Crippen LogP contribution is 2.31. The van der Waals surface area contributed by atoms with Crippen molar-refractivity contribution in [2.45, 2.75) is 16.4 Å². The first kappa shape index (κ1) is 12.6. The average Bonchev–Trinajstić information content (AvgIpc) is 2.32. The predicted molar refractivity (Wildman–Crippen MR) is 70.6 cm³/mol. The van der Waals surface area contributed by atoms with E-state index < -0.39 is 0 Å². The number of hydrogen-bond donors (Lipinski definition) is 1. The summed E-state index contributed by atoms with van der Waals surface area (Å²) < 4.78 is 14.6. The second-order valence-corrected chi connectivity index (χ2v) is 5.51. The molecule has 17 heavy (non-hydrogen) atoms. The quantitative estimate of drug-likeness (QED) is 0.915. The molecule has 0 fully saturated rings. The third-order valence-electron chi connectivity index (χ3n) is 2.20. The Labute approximate surface area is 112 Å². The molecule has 2 aromatic rings. The molecule has 0 heterocycles. The Kier molecular flexibility index (Phi) is 4.20. The van der Waals surface area contributed by atoms with E-state index in [0.717, 1.165) is 9.37 Å². The summed E-state index contributed by atoms with van der Waals surface area (Å²) in [6, 6.07) is 12.5. The second kappa shape index (κ2) is 5.67. The molecule has 0 aliphatic carbocycles. The number of aliphatic hydroxyl groups is 1. The lowest BCUT2D eigenvalue weighted by atomic mass is 10.2. The van der Waals surface area contributed by atoms with Crippen molar-refractivity contribution in [2.24, 2.45) is 0 Å². The standard InChI is InChI=1S/C13H10BrFOS/c14-10-2-1-3-11(7-10)17-13-5-4-9(8-16)6-12(13)15/h1-7,16H,8H2. The molecule has 0 bridgehead atoms. The van der Waals surface area contributed by atoms with Crippen LogP contribution in [0.1, 0.15) is 5.56 Å². The van der Waals surface area contributed by atoms with Crippen molar-refractivity contribution < 1.29 is 9.50 Å². The van der Waals surface area contributed by atoms with E-state index in [4.69, 9.17) is 5.11 Å². The summed E-state index contributed by atoms with van der Waals surface area (Å²) in [7, 11) is 0.